The molecule has 0 saturated heterocycles. The molecule has 3 rings (SSSR count). The highest BCUT2D eigenvalue weighted by Gasteiger charge is 2.17. The van der Waals surface area contributed by atoms with Crippen LogP contribution in [-0.4, -0.2) is 26.9 Å². The molecule has 114 valence electrons. The fourth-order valence-corrected chi connectivity index (χ4v) is 2.57. The van der Waals surface area contributed by atoms with E-state index in [2.05, 4.69) is 23.9 Å². The number of hydrogen-bond donors (Lipinski definition) is 1. The van der Waals surface area contributed by atoms with Crippen molar-refractivity contribution in [2.45, 2.75) is 26.8 Å². The molecular formula is C16H19N5O. The van der Waals surface area contributed by atoms with E-state index in [0.717, 1.165) is 28.0 Å². The number of aryl methyl sites for hydroxylation is 1. The first-order valence-electron chi connectivity index (χ1n) is 7.17. The molecule has 0 atom stereocenters. The summed E-state index contributed by atoms with van der Waals surface area (Å²) >= 11 is 0. The van der Waals surface area contributed by atoms with Gasteiger partial charge in [-0.25, -0.2) is 9.97 Å². The monoisotopic (exact) mass is 297 g/mol. The van der Waals surface area contributed by atoms with E-state index in [1.54, 1.807) is 13.3 Å². The highest BCUT2D eigenvalue weighted by atomic mass is 16.5. The average Bonchev–Trinajstić information content (AvgIpc) is 2.85. The number of pyridine rings is 2. The summed E-state index contributed by atoms with van der Waals surface area (Å²) in [5.74, 6) is 0.530. The smallest absolute Gasteiger partial charge is 0.222 e. The van der Waals surface area contributed by atoms with Gasteiger partial charge in [0.25, 0.3) is 0 Å². The third-order valence-corrected chi connectivity index (χ3v) is 3.58. The van der Waals surface area contributed by atoms with Crippen molar-refractivity contribution in [3.8, 4) is 17.1 Å². The number of methoxy groups -OCH3 is 1. The van der Waals surface area contributed by atoms with Gasteiger partial charge in [0.1, 0.15) is 11.0 Å². The zero-order valence-electron chi connectivity index (χ0n) is 13.2. The normalized spacial score (nSPS) is 11.3. The molecule has 3 aromatic rings. The highest BCUT2D eigenvalue weighted by molar-refractivity contribution is 5.91. The van der Waals surface area contributed by atoms with Gasteiger partial charge < -0.3 is 10.5 Å². The second kappa shape index (κ2) is 5.29. The van der Waals surface area contributed by atoms with Gasteiger partial charge in [0.15, 0.2) is 0 Å². The molecular weight excluding hydrogens is 278 g/mol. The first-order valence-corrected chi connectivity index (χ1v) is 7.17. The molecule has 0 aliphatic carbocycles. The Bertz CT molecular complexity index is 838. The van der Waals surface area contributed by atoms with Crippen molar-refractivity contribution in [1.82, 2.24) is 19.7 Å². The molecule has 0 amide bonds. The largest absolute Gasteiger partial charge is 0.481 e. The number of nitrogens with zero attached hydrogens (tertiary/aromatic N) is 4. The van der Waals surface area contributed by atoms with Gasteiger partial charge in [0.05, 0.1) is 29.7 Å². The molecule has 6 heteroatoms. The fourth-order valence-electron chi connectivity index (χ4n) is 2.57. The van der Waals surface area contributed by atoms with E-state index >= 15 is 0 Å². The van der Waals surface area contributed by atoms with Gasteiger partial charge in [-0.05, 0) is 39.0 Å². The molecule has 0 fully saturated rings. The molecule has 6 nitrogen and oxygen atoms in total. The van der Waals surface area contributed by atoms with Crippen LogP contribution in [0.25, 0.3) is 22.3 Å². The number of aromatic nitrogens is 4. The van der Waals surface area contributed by atoms with Crippen molar-refractivity contribution in [3.63, 3.8) is 0 Å². The molecule has 2 N–H and O–H groups in total. The van der Waals surface area contributed by atoms with Gasteiger partial charge in [0, 0.05) is 12.2 Å². The van der Waals surface area contributed by atoms with Gasteiger partial charge in [-0.2, -0.15) is 5.10 Å². The predicted octanol–water partition coefficient (Wildman–Crippen LogP) is 2.97. The third kappa shape index (κ3) is 2.16. The van der Waals surface area contributed by atoms with Crippen LogP contribution in [0.5, 0.6) is 5.88 Å². The van der Waals surface area contributed by atoms with E-state index in [0.29, 0.717) is 11.6 Å². The van der Waals surface area contributed by atoms with Crippen LogP contribution in [0.15, 0.2) is 24.4 Å². The van der Waals surface area contributed by atoms with Crippen molar-refractivity contribution in [3.05, 3.63) is 30.1 Å². The van der Waals surface area contributed by atoms with E-state index in [4.69, 9.17) is 15.5 Å². The summed E-state index contributed by atoms with van der Waals surface area (Å²) in [6.07, 6.45) is 1.69. The summed E-state index contributed by atoms with van der Waals surface area (Å²) in [6.45, 7) is 6.09. The Morgan fingerprint density at radius 2 is 2.09 bits per heavy atom. The fraction of sp³-hybridized carbons (Fsp3) is 0.312. The maximum Gasteiger partial charge on any atom is 0.222 e. The van der Waals surface area contributed by atoms with Gasteiger partial charge in [-0.1, -0.05) is 0 Å². The van der Waals surface area contributed by atoms with Crippen LogP contribution in [0.2, 0.25) is 0 Å². The molecule has 0 aliphatic rings. The first kappa shape index (κ1) is 14.3. The minimum Gasteiger partial charge on any atom is -0.481 e. The number of nitrogen functional groups attached to an aromatic ring is 1. The number of fused-ring (bicyclic) bond motifs is 1. The summed E-state index contributed by atoms with van der Waals surface area (Å²) in [4.78, 5) is 8.95. The molecule has 0 bridgehead atoms. The van der Waals surface area contributed by atoms with E-state index in [-0.39, 0.29) is 6.04 Å². The van der Waals surface area contributed by atoms with Crippen LogP contribution in [0.1, 0.15) is 25.6 Å². The Kier molecular flexibility index (Phi) is 3.44. The summed E-state index contributed by atoms with van der Waals surface area (Å²) in [6, 6.07) is 5.84. The zero-order valence-corrected chi connectivity index (χ0v) is 13.2. The van der Waals surface area contributed by atoms with Crippen LogP contribution in [0.3, 0.4) is 0 Å². The van der Waals surface area contributed by atoms with Gasteiger partial charge >= 0.3 is 0 Å². The Balaban J connectivity index is 2.28. The molecule has 0 spiro atoms. The molecule has 3 heterocycles. The van der Waals surface area contributed by atoms with Crippen molar-refractivity contribution >= 4 is 16.7 Å². The van der Waals surface area contributed by atoms with E-state index in [1.165, 1.54) is 0 Å². The van der Waals surface area contributed by atoms with E-state index in [1.807, 2.05) is 29.8 Å². The Hall–Kier alpha value is -2.63. The standard InChI is InChI=1S/C16H19N5O/c1-9(2)21-15-12(17)8-13(19-14(15)10(3)20-21)11-6-5-7-18-16(11)22-4/h5-9H,1-4H3,(H2,17,19). The number of nitrogens with two attached hydrogens (primary N) is 1. The molecule has 0 aliphatic heterocycles. The van der Waals surface area contributed by atoms with Crippen LogP contribution < -0.4 is 10.5 Å². The maximum absolute atomic E-state index is 6.28. The molecule has 3 aromatic heterocycles. The van der Waals surface area contributed by atoms with Crippen LogP contribution in [0.4, 0.5) is 5.69 Å². The Morgan fingerprint density at radius 3 is 2.77 bits per heavy atom. The molecule has 0 unspecified atom stereocenters. The van der Waals surface area contributed by atoms with Crippen LogP contribution in [-0.2, 0) is 0 Å². The summed E-state index contributed by atoms with van der Waals surface area (Å²) in [5, 5.41) is 4.55. The third-order valence-electron chi connectivity index (χ3n) is 3.58. The number of hydrogen-bond acceptors (Lipinski definition) is 5. The van der Waals surface area contributed by atoms with Crippen molar-refractivity contribution < 1.29 is 4.74 Å². The quantitative estimate of drug-likeness (QED) is 0.804. The lowest BCUT2D eigenvalue weighted by molar-refractivity contribution is 0.399. The average molecular weight is 297 g/mol. The Labute approximate surface area is 128 Å². The second-order valence-electron chi connectivity index (χ2n) is 5.48. The van der Waals surface area contributed by atoms with Gasteiger partial charge in [-0.3, -0.25) is 4.68 Å². The molecule has 0 aromatic carbocycles. The Morgan fingerprint density at radius 1 is 1.32 bits per heavy atom. The lowest BCUT2D eigenvalue weighted by Crippen LogP contribution is -2.05. The first-order chi connectivity index (χ1) is 10.5. The van der Waals surface area contributed by atoms with E-state index < -0.39 is 0 Å². The predicted molar refractivity (Wildman–Crippen MR) is 86.8 cm³/mol. The number of ether oxygens (including phenoxy) is 1. The number of anilines is 1. The van der Waals surface area contributed by atoms with Crippen molar-refractivity contribution in [1.29, 1.82) is 0 Å². The van der Waals surface area contributed by atoms with Crippen LogP contribution in [0, 0.1) is 6.92 Å². The van der Waals surface area contributed by atoms with Gasteiger partial charge in [-0.15, -0.1) is 0 Å². The summed E-state index contributed by atoms with van der Waals surface area (Å²) in [7, 11) is 1.59. The van der Waals surface area contributed by atoms with E-state index in [9.17, 15) is 0 Å². The molecule has 0 saturated carbocycles. The summed E-state index contributed by atoms with van der Waals surface area (Å²) in [5.41, 5.74) is 11.0. The van der Waals surface area contributed by atoms with Crippen LogP contribution >= 0.6 is 0 Å². The van der Waals surface area contributed by atoms with Crippen molar-refractivity contribution in [2.75, 3.05) is 12.8 Å². The second-order valence-corrected chi connectivity index (χ2v) is 5.48. The zero-order chi connectivity index (χ0) is 15.9. The van der Waals surface area contributed by atoms with Crippen molar-refractivity contribution in [2.24, 2.45) is 0 Å². The van der Waals surface area contributed by atoms with Gasteiger partial charge in [0.2, 0.25) is 5.88 Å². The maximum atomic E-state index is 6.28. The highest BCUT2D eigenvalue weighted by Crippen LogP contribution is 2.32. The lowest BCUT2D eigenvalue weighted by atomic mass is 10.1. The summed E-state index contributed by atoms with van der Waals surface area (Å²) < 4.78 is 7.23. The SMILES string of the molecule is COc1ncccc1-c1cc(N)c2c(n1)c(C)nn2C(C)C. The number of rotatable bonds is 3. The lowest BCUT2D eigenvalue weighted by Gasteiger charge is -2.11. The minimum atomic E-state index is 0.221. The molecule has 22 heavy (non-hydrogen) atoms. The topological polar surface area (TPSA) is 78.8 Å². The molecule has 0 radical (unpaired) electrons. The minimum absolute atomic E-state index is 0.221.